The third-order valence-electron chi connectivity index (χ3n) is 5.71. The maximum absolute atomic E-state index is 13.5. The number of rotatable bonds is 8. The fourth-order valence-electron chi connectivity index (χ4n) is 4.08. The van der Waals surface area contributed by atoms with Crippen LogP contribution in [-0.2, 0) is 15.3 Å². The predicted octanol–water partition coefficient (Wildman–Crippen LogP) is 4.08. The fraction of sp³-hybridized carbons (Fsp3) is 0.269. The molecule has 2 atom stereocenters. The molecule has 0 radical (unpaired) electrons. The van der Waals surface area contributed by atoms with Gasteiger partial charge in [0.2, 0.25) is 11.7 Å². The number of thioether (sulfide) groups is 1. The van der Waals surface area contributed by atoms with E-state index in [0.717, 1.165) is 21.8 Å². The number of nitrogens with one attached hydrogen (secondary N) is 1. The molecule has 1 aliphatic rings. The lowest BCUT2D eigenvalue weighted by atomic mass is 9.96. The Labute approximate surface area is 207 Å². The molecule has 178 valence electrons. The van der Waals surface area contributed by atoms with Crippen LogP contribution in [0, 0.1) is 23.2 Å². The van der Waals surface area contributed by atoms with Gasteiger partial charge in [-0.05, 0) is 30.5 Å². The van der Waals surface area contributed by atoms with Crippen LogP contribution in [0.3, 0.4) is 0 Å². The monoisotopic (exact) mass is 488 g/mol. The summed E-state index contributed by atoms with van der Waals surface area (Å²) in [6.45, 7) is 3.65. The Morgan fingerprint density at radius 2 is 1.83 bits per heavy atom. The van der Waals surface area contributed by atoms with E-state index in [1.165, 1.54) is 0 Å². The molecular weight excluding hydrogens is 464 g/mol. The first-order valence-corrected chi connectivity index (χ1v) is 12.2. The number of aliphatic carboxylic acids is 1. The van der Waals surface area contributed by atoms with E-state index in [9.17, 15) is 24.8 Å². The van der Waals surface area contributed by atoms with E-state index in [1.54, 1.807) is 22.5 Å². The molecule has 35 heavy (non-hydrogen) atoms. The zero-order valence-corrected chi connectivity index (χ0v) is 20.1. The summed E-state index contributed by atoms with van der Waals surface area (Å²) in [6, 6.07) is 17.7. The van der Waals surface area contributed by atoms with Crippen LogP contribution in [0.2, 0.25) is 0 Å². The molecule has 1 aromatic heterocycles. The largest absolute Gasteiger partial charge is 0.480 e. The minimum atomic E-state index is -1.71. The molecule has 2 unspecified atom stereocenters. The van der Waals surface area contributed by atoms with Gasteiger partial charge in [-0.3, -0.25) is 9.59 Å². The Morgan fingerprint density at radius 1 is 1.14 bits per heavy atom. The zero-order valence-electron chi connectivity index (χ0n) is 19.3. The molecule has 4 rings (SSSR count). The van der Waals surface area contributed by atoms with E-state index in [2.05, 4.69) is 10.4 Å². The molecule has 0 saturated heterocycles. The maximum Gasteiger partial charge on any atom is 0.326 e. The average Bonchev–Trinajstić information content (AvgIpc) is 3.24. The Kier molecular flexibility index (Phi) is 7.03. The van der Waals surface area contributed by atoms with Gasteiger partial charge in [-0.2, -0.15) is 10.4 Å². The van der Waals surface area contributed by atoms with Crippen LogP contribution < -0.4 is 5.32 Å². The molecule has 0 bridgehead atoms. The van der Waals surface area contributed by atoms with E-state index in [4.69, 9.17) is 0 Å². The third-order valence-corrected chi connectivity index (χ3v) is 6.81. The van der Waals surface area contributed by atoms with Gasteiger partial charge in [0, 0.05) is 21.8 Å². The highest BCUT2D eigenvalue weighted by Crippen LogP contribution is 2.43. The van der Waals surface area contributed by atoms with Crippen molar-refractivity contribution in [2.24, 2.45) is 11.8 Å². The molecule has 0 aliphatic carbocycles. The second kappa shape index (κ2) is 10.2. The van der Waals surface area contributed by atoms with Crippen molar-refractivity contribution in [3.05, 3.63) is 65.9 Å². The van der Waals surface area contributed by atoms with Crippen LogP contribution in [0.25, 0.3) is 16.9 Å². The topological polar surface area (TPSA) is 125 Å². The number of para-hydroxylation sites is 1. The summed E-state index contributed by atoms with van der Waals surface area (Å²) in [5.74, 6) is -4.16. The highest BCUT2D eigenvalue weighted by atomic mass is 32.2. The number of carboxylic acids is 1. The molecule has 0 spiro atoms. The van der Waals surface area contributed by atoms with E-state index >= 15 is 0 Å². The highest BCUT2D eigenvalue weighted by molar-refractivity contribution is 7.98. The lowest BCUT2D eigenvalue weighted by Gasteiger charge is -2.19. The third kappa shape index (κ3) is 4.84. The summed E-state index contributed by atoms with van der Waals surface area (Å²) in [4.78, 5) is 39.0. The number of nitrogens with zero attached hydrogens (tertiary/aromatic N) is 3. The van der Waals surface area contributed by atoms with Gasteiger partial charge in [-0.1, -0.05) is 50.2 Å². The van der Waals surface area contributed by atoms with Gasteiger partial charge in [-0.15, -0.1) is 11.8 Å². The zero-order chi connectivity index (χ0) is 25.1. The second-order valence-corrected chi connectivity index (χ2v) is 9.68. The van der Waals surface area contributed by atoms with Gasteiger partial charge in [0.25, 0.3) is 0 Å². The number of nitriles is 1. The van der Waals surface area contributed by atoms with Crippen molar-refractivity contribution in [3.63, 3.8) is 0 Å². The molecule has 2 heterocycles. The number of aromatic nitrogens is 2. The van der Waals surface area contributed by atoms with Gasteiger partial charge in [0.05, 0.1) is 17.5 Å². The lowest BCUT2D eigenvalue weighted by molar-refractivity contribution is -0.142. The summed E-state index contributed by atoms with van der Waals surface area (Å²) in [5.41, 5.74) is 3.09. The van der Waals surface area contributed by atoms with E-state index in [0.29, 0.717) is 11.3 Å². The number of hydrogen-bond donors (Lipinski definition) is 2. The number of benzene rings is 2. The number of carbonyl (C=O) groups is 3. The van der Waals surface area contributed by atoms with E-state index < -0.39 is 29.6 Å². The quantitative estimate of drug-likeness (QED) is 0.361. The Bertz CT molecular complexity index is 1330. The Morgan fingerprint density at radius 3 is 2.49 bits per heavy atom. The summed E-state index contributed by atoms with van der Waals surface area (Å²) in [7, 11) is 0. The first-order valence-electron chi connectivity index (χ1n) is 11.2. The van der Waals surface area contributed by atoms with Crippen molar-refractivity contribution < 1.29 is 19.5 Å². The van der Waals surface area contributed by atoms with Crippen LogP contribution in [-0.4, -0.2) is 38.6 Å². The average molecular weight is 489 g/mol. The standard InChI is InChI=1S/C26H24N4O4S/c1-15(2)12-20(26(33)34)28-25(32)18(13-27)24(31)22-19-14-35-21-11-7-6-10-17(21)23(19)30(29-22)16-8-4-3-5-9-16/h3-11,15,18,20H,12,14H2,1-2H3,(H,28,32)(H,33,34). The smallest absolute Gasteiger partial charge is 0.326 e. The minimum Gasteiger partial charge on any atom is -0.480 e. The van der Waals surface area contributed by atoms with E-state index in [-0.39, 0.29) is 18.0 Å². The molecule has 8 nitrogen and oxygen atoms in total. The number of carbonyl (C=O) groups excluding carboxylic acids is 2. The van der Waals surface area contributed by atoms with Crippen molar-refractivity contribution >= 4 is 29.4 Å². The first kappa shape index (κ1) is 24.2. The van der Waals surface area contributed by atoms with Crippen LogP contribution in [0.15, 0.2) is 59.5 Å². The number of carboxylic acid groups (broad SMARTS) is 1. The van der Waals surface area contributed by atoms with Gasteiger partial charge in [-0.25, -0.2) is 9.48 Å². The molecule has 3 aromatic rings. The molecule has 0 saturated carbocycles. The molecular formula is C26H24N4O4S. The number of amides is 1. The number of hydrogen-bond acceptors (Lipinski definition) is 6. The summed E-state index contributed by atoms with van der Waals surface area (Å²) < 4.78 is 1.67. The summed E-state index contributed by atoms with van der Waals surface area (Å²) in [6.07, 6.45) is 0.179. The summed E-state index contributed by atoms with van der Waals surface area (Å²) in [5, 5.41) is 26.1. The van der Waals surface area contributed by atoms with Crippen molar-refractivity contribution in [2.45, 2.75) is 37.0 Å². The maximum atomic E-state index is 13.5. The highest BCUT2D eigenvalue weighted by Gasteiger charge is 2.37. The first-order chi connectivity index (χ1) is 16.8. The molecule has 2 N–H and O–H groups in total. The number of Topliss-reactive ketones (excluding diaryl/α,β-unsaturated/α-hetero) is 1. The number of ketones is 1. The predicted molar refractivity (Wildman–Crippen MR) is 131 cm³/mol. The van der Waals surface area contributed by atoms with Gasteiger partial charge in [0.15, 0.2) is 5.92 Å². The second-order valence-electron chi connectivity index (χ2n) is 8.66. The van der Waals surface area contributed by atoms with Crippen LogP contribution >= 0.6 is 11.8 Å². The minimum absolute atomic E-state index is 0.00156. The van der Waals surface area contributed by atoms with Crippen molar-refractivity contribution in [1.29, 1.82) is 5.26 Å². The van der Waals surface area contributed by atoms with Gasteiger partial charge >= 0.3 is 5.97 Å². The SMILES string of the molecule is CC(C)CC(NC(=O)C(C#N)C(=O)c1nn(-c2ccccc2)c2c1CSc1ccccc1-2)C(=O)O. The van der Waals surface area contributed by atoms with E-state index in [1.807, 2.05) is 68.4 Å². The molecule has 2 aromatic carbocycles. The number of fused-ring (bicyclic) bond motifs is 3. The van der Waals surface area contributed by atoms with Crippen LogP contribution in [0.1, 0.15) is 36.3 Å². The van der Waals surface area contributed by atoms with Gasteiger partial charge < -0.3 is 10.4 Å². The Balaban J connectivity index is 1.75. The van der Waals surface area contributed by atoms with Crippen molar-refractivity contribution in [1.82, 2.24) is 15.1 Å². The molecule has 9 heteroatoms. The van der Waals surface area contributed by atoms with Crippen molar-refractivity contribution in [2.75, 3.05) is 0 Å². The van der Waals surface area contributed by atoms with Crippen LogP contribution in [0.4, 0.5) is 0 Å². The lowest BCUT2D eigenvalue weighted by Crippen LogP contribution is -2.45. The Hall–Kier alpha value is -3.90. The van der Waals surface area contributed by atoms with Crippen LogP contribution in [0.5, 0.6) is 0 Å². The molecule has 1 aliphatic heterocycles. The van der Waals surface area contributed by atoms with Crippen molar-refractivity contribution in [3.8, 4) is 23.0 Å². The molecule has 0 fully saturated rings. The van der Waals surface area contributed by atoms with Gasteiger partial charge in [0.1, 0.15) is 11.7 Å². The summed E-state index contributed by atoms with van der Waals surface area (Å²) >= 11 is 1.55. The molecule has 1 amide bonds. The fourth-order valence-corrected chi connectivity index (χ4v) is 5.15. The normalized spacial score (nSPS) is 13.8.